The summed E-state index contributed by atoms with van der Waals surface area (Å²) in [5.74, 6) is -0.0725. The van der Waals surface area contributed by atoms with Gasteiger partial charge in [-0.25, -0.2) is 4.98 Å². The van der Waals surface area contributed by atoms with Crippen LogP contribution in [0.4, 0.5) is 5.82 Å². The smallest absolute Gasteiger partial charge is 0.255 e. The standard InChI is InChI=1S/C16H18N4O2/c1-11-7-8-13(9-17-11)16(22)20(3)10-15(21)19-14-6-4-5-12(2)18-14/h4-9H,10H2,1-3H3,(H,18,19,21). The minimum atomic E-state index is -0.297. The van der Waals surface area contributed by atoms with E-state index in [0.717, 1.165) is 11.4 Å². The molecule has 0 bridgehead atoms. The van der Waals surface area contributed by atoms with Crippen molar-refractivity contribution < 1.29 is 9.59 Å². The molecule has 1 N–H and O–H groups in total. The van der Waals surface area contributed by atoms with E-state index >= 15 is 0 Å². The molecule has 22 heavy (non-hydrogen) atoms. The SMILES string of the molecule is Cc1ccc(C(=O)N(C)CC(=O)Nc2cccc(C)n2)cn1. The lowest BCUT2D eigenvalue weighted by Crippen LogP contribution is -2.35. The molecule has 0 spiro atoms. The Balaban J connectivity index is 1.96. The highest BCUT2D eigenvalue weighted by molar-refractivity contribution is 5.98. The monoisotopic (exact) mass is 298 g/mol. The first-order valence-corrected chi connectivity index (χ1v) is 6.87. The highest BCUT2D eigenvalue weighted by Crippen LogP contribution is 2.06. The second-order valence-electron chi connectivity index (χ2n) is 5.06. The lowest BCUT2D eigenvalue weighted by Gasteiger charge is -2.16. The maximum Gasteiger partial charge on any atom is 0.255 e. The maximum atomic E-state index is 12.2. The summed E-state index contributed by atoms with van der Waals surface area (Å²) >= 11 is 0. The molecule has 0 aromatic carbocycles. The van der Waals surface area contributed by atoms with E-state index in [1.165, 1.54) is 11.1 Å². The van der Waals surface area contributed by atoms with E-state index in [9.17, 15) is 9.59 Å². The van der Waals surface area contributed by atoms with Gasteiger partial charge in [-0.15, -0.1) is 0 Å². The molecular formula is C16H18N4O2. The van der Waals surface area contributed by atoms with Gasteiger partial charge in [0.2, 0.25) is 5.91 Å². The summed E-state index contributed by atoms with van der Waals surface area (Å²) in [5.41, 5.74) is 2.10. The van der Waals surface area contributed by atoms with E-state index in [2.05, 4.69) is 15.3 Å². The first-order valence-electron chi connectivity index (χ1n) is 6.87. The van der Waals surface area contributed by atoms with Crippen LogP contribution in [0.5, 0.6) is 0 Å². The highest BCUT2D eigenvalue weighted by Gasteiger charge is 2.15. The van der Waals surface area contributed by atoms with Crippen LogP contribution in [0, 0.1) is 13.8 Å². The summed E-state index contributed by atoms with van der Waals surface area (Å²) < 4.78 is 0. The lowest BCUT2D eigenvalue weighted by atomic mass is 10.2. The Labute approximate surface area is 129 Å². The molecule has 0 aliphatic rings. The summed E-state index contributed by atoms with van der Waals surface area (Å²) in [4.78, 5) is 33.8. The molecule has 0 fully saturated rings. The molecule has 2 heterocycles. The van der Waals surface area contributed by atoms with Crippen LogP contribution < -0.4 is 5.32 Å². The first kappa shape index (κ1) is 15.6. The minimum Gasteiger partial charge on any atom is -0.332 e. The number of amides is 2. The van der Waals surface area contributed by atoms with Crippen molar-refractivity contribution in [1.29, 1.82) is 0 Å². The Bertz CT molecular complexity index is 683. The third-order valence-corrected chi connectivity index (χ3v) is 3.04. The van der Waals surface area contributed by atoms with E-state index in [1.54, 1.807) is 25.2 Å². The summed E-state index contributed by atoms with van der Waals surface area (Å²) in [6.07, 6.45) is 1.51. The average molecular weight is 298 g/mol. The predicted octanol–water partition coefficient (Wildman–Crippen LogP) is 1.80. The molecule has 0 unspecified atom stereocenters. The third kappa shape index (κ3) is 4.12. The third-order valence-electron chi connectivity index (χ3n) is 3.04. The highest BCUT2D eigenvalue weighted by atomic mass is 16.2. The number of nitrogens with one attached hydrogen (secondary N) is 1. The van der Waals surface area contributed by atoms with Crippen molar-refractivity contribution in [3.8, 4) is 0 Å². The van der Waals surface area contributed by atoms with Gasteiger partial charge in [0.25, 0.3) is 5.91 Å². The normalized spacial score (nSPS) is 10.1. The zero-order chi connectivity index (χ0) is 16.1. The number of aryl methyl sites for hydroxylation is 2. The zero-order valence-corrected chi connectivity index (χ0v) is 12.8. The maximum absolute atomic E-state index is 12.2. The van der Waals surface area contributed by atoms with E-state index < -0.39 is 0 Å². The van der Waals surface area contributed by atoms with Crippen molar-refractivity contribution in [3.05, 3.63) is 53.5 Å². The molecule has 114 valence electrons. The molecule has 2 aromatic heterocycles. The van der Waals surface area contributed by atoms with Gasteiger partial charge in [0.05, 0.1) is 12.1 Å². The van der Waals surface area contributed by atoms with Crippen molar-refractivity contribution >= 4 is 17.6 Å². The van der Waals surface area contributed by atoms with Crippen LogP contribution >= 0.6 is 0 Å². The zero-order valence-electron chi connectivity index (χ0n) is 12.8. The molecule has 6 nitrogen and oxygen atoms in total. The molecule has 0 aliphatic heterocycles. The fraction of sp³-hybridized carbons (Fsp3) is 0.250. The quantitative estimate of drug-likeness (QED) is 0.934. The minimum absolute atomic E-state index is 0.0532. The molecule has 2 aromatic rings. The Morgan fingerprint density at radius 1 is 1.14 bits per heavy atom. The van der Waals surface area contributed by atoms with Crippen LogP contribution in [0.2, 0.25) is 0 Å². The second kappa shape index (κ2) is 6.80. The Kier molecular flexibility index (Phi) is 4.83. The molecule has 2 amide bonds. The Morgan fingerprint density at radius 3 is 2.55 bits per heavy atom. The summed E-state index contributed by atoms with van der Waals surface area (Å²) in [5, 5.41) is 2.67. The van der Waals surface area contributed by atoms with Gasteiger partial charge in [-0.2, -0.15) is 0 Å². The van der Waals surface area contributed by atoms with Crippen molar-refractivity contribution in [2.75, 3.05) is 18.9 Å². The molecule has 0 atom stereocenters. The fourth-order valence-electron chi connectivity index (χ4n) is 1.90. The Hall–Kier alpha value is -2.76. The number of nitrogens with zero attached hydrogens (tertiary/aromatic N) is 3. The molecule has 2 rings (SSSR count). The summed E-state index contributed by atoms with van der Waals surface area (Å²) in [7, 11) is 1.57. The number of hydrogen-bond donors (Lipinski definition) is 1. The van der Waals surface area contributed by atoms with E-state index in [1.807, 2.05) is 26.0 Å². The molecular weight excluding hydrogens is 280 g/mol. The predicted molar refractivity (Wildman–Crippen MR) is 83.5 cm³/mol. The number of carbonyl (C=O) groups is 2. The van der Waals surface area contributed by atoms with E-state index in [4.69, 9.17) is 0 Å². The van der Waals surface area contributed by atoms with Gasteiger partial charge in [0.1, 0.15) is 5.82 Å². The molecule has 0 aliphatic carbocycles. The van der Waals surface area contributed by atoms with Gasteiger partial charge in [0, 0.05) is 24.6 Å². The number of anilines is 1. The van der Waals surface area contributed by atoms with Crippen LogP contribution in [0.1, 0.15) is 21.7 Å². The van der Waals surface area contributed by atoms with Crippen LogP contribution in [-0.4, -0.2) is 40.3 Å². The van der Waals surface area contributed by atoms with E-state index in [-0.39, 0.29) is 18.4 Å². The van der Waals surface area contributed by atoms with Crippen LogP contribution in [-0.2, 0) is 4.79 Å². The number of rotatable bonds is 4. The van der Waals surface area contributed by atoms with Gasteiger partial charge >= 0.3 is 0 Å². The van der Waals surface area contributed by atoms with Crippen molar-refractivity contribution in [1.82, 2.24) is 14.9 Å². The number of carbonyl (C=O) groups excluding carboxylic acids is 2. The Morgan fingerprint density at radius 2 is 1.91 bits per heavy atom. The summed E-state index contributed by atoms with van der Waals surface area (Å²) in [6.45, 7) is 3.64. The fourth-order valence-corrected chi connectivity index (χ4v) is 1.90. The van der Waals surface area contributed by atoms with Crippen LogP contribution in [0.15, 0.2) is 36.5 Å². The topological polar surface area (TPSA) is 75.2 Å². The van der Waals surface area contributed by atoms with Crippen molar-refractivity contribution in [3.63, 3.8) is 0 Å². The molecule has 6 heteroatoms. The molecule has 0 saturated carbocycles. The molecule has 0 radical (unpaired) electrons. The average Bonchev–Trinajstić information content (AvgIpc) is 2.47. The lowest BCUT2D eigenvalue weighted by molar-refractivity contribution is -0.116. The number of pyridine rings is 2. The van der Waals surface area contributed by atoms with Gasteiger partial charge in [0.15, 0.2) is 0 Å². The van der Waals surface area contributed by atoms with Crippen LogP contribution in [0.25, 0.3) is 0 Å². The van der Waals surface area contributed by atoms with Crippen molar-refractivity contribution in [2.24, 2.45) is 0 Å². The molecule has 0 saturated heterocycles. The number of aromatic nitrogens is 2. The van der Waals surface area contributed by atoms with Crippen LogP contribution in [0.3, 0.4) is 0 Å². The van der Waals surface area contributed by atoms with E-state index in [0.29, 0.717) is 11.4 Å². The van der Waals surface area contributed by atoms with Gasteiger partial charge < -0.3 is 10.2 Å². The number of hydrogen-bond acceptors (Lipinski definition) is 4. The number of likely N-dealkylation sites (N-methyl/N-ethyl adjacent to an activating group) is 1. The largest absolute Gasteiger partial charge is 0.332 e. The first-order chi connectivity index (χ1) is 10.5. The second-order valence-corrected chi connectivity index (χ2v) is 5.06. The van der Waals surface area contributed by atoms with Gasteiger partial charge in [-0.05, 0) is 38.1 Å². The van der Waals surface area contributed by atoms with Gasteiger partial charge in [-0.1, -0.05) is 6.07 Å². The van der Waals surface area contributed by atoms with Gasteiger partial charge in [-0.3, -0.25) is 14.6 Å². The van der Waals surface area contributed by atoms with Crippen molar-refractivity contribution in [2.45, 2.75) is 13.8 Å². The summed E-state index contributed by atoms with van der Waals surface area (Å²) in [6, 6.07) is 8.82.